The van der Waals surface area contributed by atoms with Crippen molar-refractivity contribution in [3.63, 3.8) is 0 Å². The number of rotatable bonds is 0. The number of benzene rings is 1. The van der Waals surface area contributed by atoms with Crippen LogP contribution in [0.4, 0.5) is 0 Å². The number of aromatic nitrogens is 1. The Bertz CT molecular complexity index is 389. The zero-order chi connectivity index (χ0) is 7.84. The molecule has 2 heteroatoms. The molecule has 0 N–H and O–H groups in total. The zero-order valence-electron chi connectivity index (χ0n) is 6.59. The monoisotopic (exact) mass is 211 g/mol. The Hall–Kier alpha value is -0.591. The summed E-state index contributed by atoms with van der Waals surface area (Å²) in [6.45, 7) is 4.23. The Balaban J connectivity index is 2.90. The summed E-state index contributed by atoms with van der Waals surface area (Å²) < 4.78 is 2.73. The van der Waals surface area contributed by atoms with E-state index in [1.165, 1.54) is 19.9 Å². The average Bonchev–Trinajstić information content (AvgIpc) is 2.31. The number of hydrogen-bond donors (Lipinski definition) is 0. The van der Waals surface area contributed by atoms with E-state index in [9.17, 15) is 0 Å². The number of fused-ring (bicyclic) bond motifs is 1. The Morgan fingerprint density at radius 1 is 1.27 bits per heavy atom. The van der Waals surface area contributed by atoms with Gasteiger partial charge in [0.1, 0.15) is 0 Å². The molecule has 0 amide bonds. The van der Waals surface area contributed by atoms with Crippen molar-refractivity contribution >= 4 is 24.3 Å². The molecule has 0 radical (unpaired) electrons. The molecule has 0 aliphatic carbocycles. The molecular weight excluding hydrogens is 201 g/mol. The molecule has 0 atom stereocenters. The van der Waals surface area contributed by atoms with Crippen LogP contribution < -0.4 is 0 Å². The first-order chi connectivity index (χ1) is 5.27. The minimum atomic E-state index is 0.501. The summed E-state index contributed by atoms with van der Waals surface area (Å²) in [5.41, 5.74) is 2.53. The fourth-order valence-electron chi connectivity index (χ4n) is 1.20. The maximum atomic E-state index is 4.50. The van der Waals surface area contributed by atoms with Crippen molar-refractivity contribution < 1.29 is 0 Å². The molecule has 0 aliphatic rings. The number of para-hydroxylation sites is 1. The van der Waals surface area contributed by atoms with Gasteiger partial charge in [-0.25, -0.2) is 0 Å². The van der Waals surface area contributed by atoms with Gasteiger partial charge < -0.3 is 0 Å². The first-order valence-electron chi connectivity index (χ1n) is 3.60. The van der Waals surface area contributed by atoms with E-state index in [0.717, 1.165) is 0 Å². The van der Waals surface area contributed by atoms with Crippen molar-refractivity contribution in [3.05, 3.63) is 28.3 Å². The van der Waals surface area contributed by atoms with Gasteiger partial charge in [-0.1, -0.05) is 0 Å². The second-order valence-electron chi connectivity index (χ2n) is 2.65. The Morgan fingerprint density at radius 3 is 2.82 bits per heavy atom. The Kier molecular flexibility index (Phi) is 1.59. The van der Waals surface area contributed by atoms with Crippen LogP contribution in [0.25, 0.3) is 9.78 Å². The second kappa shape index (κ2) is 2.47. The van der Waals surface area contributed by atoms with E-state index in [-0.39, 0.29) is 0 Å². The zero-order valence-corrected chi connectivity index (χ0v) is 8.30. The predicted octanol–water partition coefficient (Wildman–Crippen LogP) is 1.91. The van der Waals surface area contributed by atoms with E-state index in [1.54, 1.807) is 0 Å². The van der Waals surface area contributed by atoms with Gasteiger partial charge in [-0.2, -0.15) is 0 Å². The quantitative estimate of drug-likeness (QED) is 0.605. The average molecular weight is 210 g/mol. The van der Waals surface area contributed by atoms with Crippen LogP contribution in [0.3, 0.4) is 0 Å². The van der Waals surface area contributed by atoms with Crippen molar-refractivity contribution in [2.75, 3.05) is 0 Å². The van der Waals surface area contributed by atoms with Crippen LogP contribution in [-0.4, -0.2) is 19.5 Å². The van der Waals surface area contributed by atoms with Gasteiger partial charge in [-0.3, -0.25) is 0 Å². The molecule has 1 aromatic carbocycles. The standard InChI is InChI=1S/C9H9NSe/c1-6-4-3-5-8-9(6)10-7(2)11-8/h3-5H,1-2H3. The van der Waals surface area contributed by atoms with Crippen LogP contribution in [-0.2, 0) is 0 Å². The molecule has 2 rings (SSSR count). The third-order valence-electron chi connectivity index (χ3n) is 1.73. The molecule has 0 fully saturated rings. The van der Waals surface area contributed by atoms with Crippen molar-refractivity contribution in [1.29, 1.82) is 0 Å². The summed E-state index contributed by atoms with van der Waals surface area (Å²) in [4.78, 5) is 4.50. The Labute approximate surface area is 71.8 Å². The first-order valence-corrected chi connectivity index (χ1v) is 5.31. The number of nitrogens with zero attached hydrogens (tertiary/aromatic N) is 1. The van der Waals surface area contributed by atoms with Gasteiger partial charge in [0, 0.05) is 0 Å². The van der Waals surface area contributed by atoms with Crippen molar-refractivity contribution in [1.82, 2.24) is 4.98 Å². The van der Waals surface area contributed by atoms with Crippen molar-refractivity contribution in [2.45, 2.75) is 13.8 Å². The summed E-state index contributed by atoms with van der Waals surface area (Å²) >= 11 is 0.501. The van der Waals surface area contributed by atoms with Gasteiger partial charge in [-0.05, 0) is 0 Å². The van der Waals surface area contributed by atoms with Gasteiger partial charge in [0.25, 0.3) is 0 Å². The molecule has 1 aromatic heterocycles. The van der Waals surface area contributed by atoms with E-state index in [2.05, 4.69) is 37.0 Å². The number of hydrogen-bond acceptors (Lipinski definition) is 1. The van der Waals surface area contributed by atoms with Gasteiger partial charge >= 0.3 is 71.4 Å². The minimum absolute atomic E-state index is 0.501. The summed E-state index contributed by atoms with van der Waals surface area (Å²) in [5, 5.41) is 0. The second-order valence-corrected chi connectivity index (χ2v) is 5.25. The molecule has 0 saturated heterocycles. The van der Waals surface area contributed by atoms with E-state index < -0.39 is 0 Å². The van der Waals surface area contributed by atoms with Gasteiger partial charge in [0.2, 0.25) is 0 Å². The van der Waals surface area contributed by atoms with Gasteiger partial charge in [0.05, 0.1) is 0 Å². The van der Waals surface area contributed by atoms with E-state index in [0.29, 0.717) is 14.5 Å². The molecule has 0 spiro atoms. The molecule has 0 aliphatic heterocycles. The molecule has 1 nitrogen and oxygen atoms in total. The molecular formula is C9H9NSe. The third-order valence-corrected chi connectivity index (χ3v) is 3.69. The van der Waals surface area contributed by atoms with E-state index >= 15 is 0 Å². The molecule has 0 unspecified atom stereocenters. The van der Waals surface area contributed by atoms with E-state index in [1.807, 2.05) is 0 Å². The molecule has 11 heavy (non-hydrogen) atoms. The molecule has 0 bridgehead atoms. The molecule has 56 valence electrons. The molecule has 1 heterocycles. The third kappa shape index (κ3) is 1.13. The fraction of sp³-hybridized carbons (Fsp3) is 0.222. The van der Waals surface area contributed by atoms with Gasteiger partial charge in [0.15, 0.2) is 0 Å². The van der Waals surface area contributed by atoms with Crippen LogP contribution in [0.2, 0.25) is 0 Å². The van der Waals surface area contributed by atoms with Crippen LogP contribution in [0.15, 0.2) is 18.2 Å². The summed E-state index contributed by atoms with van der Waals surface area (Å²) in [6.07, 6.45) is 0. The predicted molar refractivity (Wildman–Crippen MR) is 48.2 cm³/mol. The topological polar surface area (TPSA) is 12.9 Å². The van der Waals surface area contributed by atoms with Crippen LogP contribution in [0.1, 0.15) is 10.1 Å². The number of aryl methyl sites for hydroxylation is 2. The fourth-order valence-corrected chi connectivity index (χ4v) is 3.10. The maximum absolute atomic E-state index is 4.50. The van der Waals surface area contributed by atoms with Crippen molar-refractivity contribution in [2.24, 2.45) is 0 Å². The van der Waals surface area contributed by atoms with Crippen LogP contribution in [0.5, 0.6) is 0 Å². The normalized spacial score (nSPS) is 10.7. The SMILES string of the molecule is Cc1nc2c(C)cccc2[se]1. The van der Waals surface area contributed by atoms with Crippen LogP contribution >= 0.6 is 0 Å². The summed E-state index contributed by atoms with van der Waals surface area (Å²) in [7, 11) is 0. The van der Waals surface area contributed by atoms with Crippen LogP contribution in [0, 0.1) is 13.8 Å². The van der Waals surface area contributed by atoms with Gasteiger partial charge in [-0.15, -0.1) is 0 Å². The first kappa shape index (κ1) is 7.08. The molecule has 2 aromatic rings. The van der Waals surface area contributed by atoms with Crippen molar-refractivity contribution in [3.8, 4) is 0 Å². The molecule has 0 saturated carbocycles. The summed E-state index contributed by atoms with van der Waals surface area (Å²) in [5.74, 6) is 0. The van der Waals surface area contributed by atoms with E-state index in [4.69, 9.17) is 0 Å². The summed E-state index contributed by atoms with van der Waals surface area (Å²) in [6, 6.07) is 6.42. The Morgan fingerprint density at radius 2 is 2.09 bits per heavy atom.